The van der Waals surface area contributed by atoms with Crippen molar-refractivity contribution in [1.29, 1.82) is 0 Å². The topological polar surface area (TPSA) is 52.7 Å². The smallest absolute Gasteiger partial charge is 0.324 e. The van der Waals surface area contributed by atoms with E-state index in [-0.39, 0.29) is 18.5 Å². The van der Waals surface area contributed by atoms with Crippen LogP contribution in [0.3, 0.4) is 0 Å². The highest BCUT2D eigenvalue weighted by Gasteiger charge is 2.26. The normalized spacial score (nSPS) is 14.5. The molecule has 2 rings (SSSR count). The van der Waals surface area contributed by atoms with E-state index in [1.54, 1.807) is 0 Å². The second-order valence-corrected chi connectivity index (χ2v) is 4.98. The van der Waals surface area contributed by atoms with Gasteiger partial charge in [0, 0.05) is 25.8 Å². The number of carbonyl (C=O) groups is 2. The Labute approximate surface area is 113 Å². The van der Waals surface area contributed by atoms with Gasteiger partial charge in [-0.05, 0) is 37.1 Å². The first kappa shape index (κ1) is 13.4. The van der Waals surface area contributed by atoms with Crippen molar-refractivity contribution in [3.05, 3.63) is 29.3 Å². The van der Waals surface area contributed by atoms with Crippen LogP contribution in [0.15, 0.2) is 18.2 Å². The highest BCUT2D eigenvalue weighted by atomic mass is 16.2. The number of anilines is 1. The fourth-order valence-corrected chi connectivity index (χ4v) is 2.26. The van der Waals surface area contributed by atoms with Gasteiger partial charge in [0.05, 0.1) is 6.54 Å². The lowest BCUT2D eigenvalue weighted by atomic mass is 10.1. The van der Waals surface area contributed by atoms with E-state index in [1.807, 2.05) is 37.9 Å². The van der Waals surface area contributed by atoms with E-state index in [1.165, 1.54) is 4.90 Å². The Morgan fingerprint density at radius 2 is 1.95 bits per heavy atom. The summed E-state index contributed by atoms with van der Waals surface area (Å²) in [6.45, 7) is 5.26. The third-order valence-corrected chi connectivity index (χ3v) is 3.18. The molecular weight excluding hydrogens is 242 g/mol. The Hall–Kier alpha value is -2.04. The number of hydrogen-bond donors (Lipinski definition) is 1. The van der Waals surface area contributed by atoms with E-state index < -0.39 is 0 Å². The number of aryl methyl sites for hydroxylation is 2. The van der Waals surface area contributed by atoms with E-state index in [0.29, 0.717) is 13.1 Å². The van der Waals surface area contributed by atoms with Gasteiger partial charge in [0.2, 0.25) is 5.91 Å². The van der Waals surface area contributed by atoms with Crippen LogP contribution >= 0.6 is 0 Å². The number of carbonyl (C=O) groups excluding carboxylic acids is 2. The molecule has 19 heavy (non-hydrogen) atoms. The van der Waals surface area contributed by atoms with Crippen LogP contribution in [0.25, 0.3) is 0 Å². The molecule has 0 saturated carbocycles. The summed E-state index contributed by atoms with van der Waals surface area (Å²) >= 11 is 0. The molecule has 0 spiro atoms. The number of rotatable bonds is 3. The largest absolute Gasteiger partial charge is 0.365 e. The predicted octanol–water partition coefficient (Wildman–Crippen LogP) is 1.29. The summed E-state index contributed by atoms with van der Waals surface area (Å²) in [7, 11) is 1.86. The third-order valence-electron chi connectivity index (χ3n) is 3.18. The van der Waals surface area contributed by atoms with Crippen molar-refractivity contribution in [2.45, 2.75) is 13.8 Å². The summed E-state index contributed by atoms with van der Waals surface area (Å²) in [5.41, 5.74) is 3.31. The van der Waals surface area contributed by atoms with Crippen molar-refractivity contribution in [2.24, 2.45) is 0 Å². The SMILES string of the molecule is Cc1cc(C)cc(N(C)CC(=O)N2CCNC2=O)c1. The standard InChI is InChI=1S/C14H19N3O2/c1-10-6-11(2)8-12(7-10)16(3)9-13(18)17-5-4-15-14(17)19/h6-8H,4-5,9H2,1-3H3,(H,15,19). The zero-order valence-corrected chi connectivity index (χ0v) is 11.6. The lowest BCUT2D eigenvalue weighted by Crippen LogP contribution is -2.40. The Morgan fingerprint density at radius 3 is 2.47 bits per heavy atom. The van der Waals surface area contributed by atoms with E-state index in [4.69, 9.17) is 0 Å². The Bertz CT molecular complexity index is 493. The molecule has 1 aromatic rings. The first-order valence-electron chi connectivity index (χ1n) is 6.35. The minimum atomic E-state index is -0.293. The monoisotopic (exact) mass is 261 g/mol. The number of amides is 3. The number of nitrogens with one attached hydrogen (secondary N) is 1. The summed E-state index contributed by atoms with van der Waals surface area (Å²) in [4.78, 5) is 26.6. The summed E-state index contributed by atoms with van der Waals surface area (Å²) in [6, 6.07) is 5.86. The molecule has 102 valence electrons. The number of nitrogens with zero attached hydrogens (tertiary/aromatic N) is 2. The molecule has 1 N–H and O–H groups in total. The van der Waals surface area contributed by atoms with Gasteiger partial charge in [0.1, 0.15) is 0 Å². The van der Waals surface area contributed by atoms with Crippen molar-refractivity contribution in [3.63, 3.8) is 0 Å². The molecule has 0 radical (unpaired) electrons. The molecule has 1 aliphatic rings. The zero-order valence-electron chi connectivity index (χ0n) is 11.6. The maximum atomic E-state index is 12.0. The molecule has 1 aliphatic heterocycles. The van der Waals surface area contributed by atoms with Crippen molar-refractivity contribution < 1.29 is 9.59 Å². The van der Waals surface area contributed by atoms with Crippen molar-refractivity contribution in [2.75, 3.05) is 31.6 Å². The van der Waals surface area contributed by atoms with E-state index in [9.17, 15) is 9.59 Å². The molecule has 0 bridgehead atoms. The summed E-state index contributed by atoms with van der Waals surface area (Å²) < 4.78 is 0. The molecule has 1 aromatic carbocycles. The maximum Gasteiger partial charge on any atom is 0.324 e. The number of likely N-dealkylation sites (N-methyl/N-ethyl adjacent to an activating group) is 1. The fraction of sp³-hybridized carbons (Fsp3) is 0.429. The Kier molecular flexibility index (Phi) is 3.74. The van der Waals surface area contributed by atoms with Crippen LogP contribution in [0.5, 0.6) is 0 Å². The molecule has 5 heteroatoms. The predicted molar refractivity (Wildman–Crippen MR) is 74.3 cm³/mol. The van der Waals surface area contributed by atoms with E-state index in [0.717, 1.165) is 16.8 Å². The molecule has 0 atom stereocenters. The highest BCUT2D eigenvalue weighted by molar-refractivity contribution is 5.97. The summed E-state index contributed by atoms with van der Waals surface area (Å²) in [5.74, 6) is -0.170. The first-order chi connectivity index (χ1) is 8.97. The molecule has 1 saturated heterocycles. The lowest BCUT2D eigenvalue weighted by Gasteiger charge is -2.22. The van der Waals surface area contributed by atoms with Crippen LogP contribution in [0.2, 0.25) is 0 Å². The Morgan fingerprint density at radius 1 is 1.32 bits per heavy atom. The van der Waals surface area contributed by atoms with Crippen LogP contribution in [0.4, 0.5) is 10.5 Å². The minimum absolute atomic E-state index is 0.170. The van der Waals surface area contributed by atoms with Gasteiger partial charge in [-0.25, -0.2) is 4.79 Å². The molecule has 1 heterocycles. The second-order valence-electron chi connectivity index (χ2n) is 4.98. The van der Waals surface area contributed by atoms with Gasteiger partial charge in [-0.3, -0.25) is 9.69 Å². The van der Waals surface area contributed by atoms with Crippen LogP contribution in [0.1, 0.15) is 11.1 Å². The molecular formula is C14H19N3O2. The van der Waals surface area contributed by atoms with Crippen LogP contribution in [0, 0.1) is 13.8 Å². The van der Waals surface area contributed by atoms with Gasteiger partial charge < -0.3 is 10.2 Å². The summed E-state index contributed by atoms with van der Waals surface area (Å²) in [5, 5.41) is 2.63. The van der Waals surface area contributed by atoms with Crippen molar-refractivity contribution in [3.8, 4) is 0 Å². The molecule has 3 amide bonds. The van der Waals surface area contributed by atoms with Gasteiger partial charge in [-0.1, -0.05) is 6.07 Å². The molecule has 0 aromatic heterocycles. The van der Waals surface area contributed by atoms with Gasteiger partial charge in [-0.2, -0.15) is 0 Å². The molecule has 0 aliphatic carbocycles. The third kappa shape index (κ3) is 3.05. The number of imide groups is 1. The van der Waals surface area contributed by atoms with Gasteiger partial charge in [-0.15, -0.1) is 0 Å². The van der Waals surface area contributed by atoms with Gasteiger partial charge in [0.25, 0.3) is 0 Å². The second kappa shape index (κ2) is 5.30. The van der Waals surface area contributed by atoms with Crippen LogP contribution < -0.4 is 10.2 Å². The number of urea groups is 1. The van der Waals surface area contributed by atoms with E-state index in [2.05, 4.69) is 11.4 Å². The molecule has 1 fully saturated rings. The van der Waals surface area contributed by atoms with Crippen molar-refractivity contribution in [1.82, 2.24) is 10.2 Å². The highest BCUT2D eigenvalue weighted by Crippen LogP contribution is 2.17. The fourth-order valence-electron chi connectivity index (χ4n) is 2.26. The minimum Gasteiger partial charge on any atom is -0.365 e. The lowest BCUT2D eigenvalue weighted by molar-refractivity contribution is -0.126. The van der Waals surface area contributed by atoms with Crippen LogP contribution in [-0.4, -0.2) is 43.5 Å². The van der Waals surface area contributed by atoms with Gasteiger partial charge >= 0.3 is 6.03 Å². The number of benzene rings is 1. The van der Waals surface area contributed by atoms with E-state index >= 15 is 0 Å². The average Bonchev–Trinajstić information content (AvgIpc) is 2.74. The average molecular weight is 261 g/mol. The maximum absolute atomic E-state index is 12.0. The number of hydrogen-bond acceptors (Lipinski definition) is 3. The van der Waals surface area contributed by atoms with Crippen molar-refractivity contribution >= 4 is 17.6 Å². The molecule has 5 nitrogen and oxygen atoms in total. The zero-order chi connectivity index (χ0) is 14.0. The van der Waals surface area contributed by atoms with Gasteiger partial charge in [0.15, 0.2) is 0 Å². The quantitative estimate of drug-likeness (QED) is 0.892. The Balaban J connectivity index is 2.06. The summed E-state index contributed by atoms with van der Waals surface area (Å²) in [6.07, 6.45) is 0. The first-order valence-corrected chi connectivity index (χ1v) is 6.35. The molecule has 0 unspecified atom stereocenters. The van der Waals surface area contributed by atoms with Crippen LogP contribution in [-0.2, 0) is 4.79 Å².